The summed E-state index contributed by atoms with van der Waals surface area (Å²) < 4.78 is 36.2. The molecule has 2 aromatic carbocycles. The quantitative estimate of drug-likeness (QED) is 0.0363. The highest BCUT2D eigenvalue weighted by Crippen LogP contribution is 2.37. The number of hydrogen-bond acceptors (Lipinski definition) is 12. The number of rotatable bonds is 26. The number of thioether (sulfide) groups is 1. The van der Waals surface area contributed by atoms with Crippen LogP contribution in [0.4, 0.5) is 4.79 Å². The largest absolute Gasteiger partial charge is 0.506 e. The van der Waals surface area contributed by atoms with Crippen LogP contribution >= 0.6 is 102 Å². The molecule has 316 valence electrons. The van der Waals surface area contributed by atoms with Crippen LogP contribution in [0, 0.1) is 14.3 Å². The molecular weight excluding hydrogens is 1220 g/mol. The van der Waals surface area contributed by atoms with Gasteiger partial charge in [0.25, 0.3) is 0 Å². The average molecular weight is 1260 g/mol. The van der Waals surface area contributed by atoms with Gasteiger partial charge in [0.15, 0.2) is 5.75 Å². The van der Waals surface area contributed by atoms with Gasteiger partial charge in [0.2, 0.25) is 11.8 Å². The summed E-state index contributed by atoms with van der Waals surface area (Å²) in [5, 5.41) is 22.1. The first-order valence-electron chi connectivity index (χ1n) is 18.4. The molecule has 0 aliphatic carbocycles. The zero-order chi connectivity index (χ0) is 41.2. The first-order chi connectivity index (χ1) is 27.4. The SMILES string of the molecule is COC(=O)C(Cc1cc(I)c(Oc2cc(I)c(O)c(I)c2)c(I)c1)NC(=O)CCOCCOCCOCCOCCNC(=O)CCCCC1SCC2NC(=O)NC21. The molecule has 0 radical (unpaired) electrons. The van der Waals surface area contributed by atoms with E-state index >= 15 is 0 Å². The van der Waals surface area contributed by atoms with Crippen molar-refractivity contribution < 1.29 is 52.7 Å². The van der Waals surface area contributed by atoms with Gasteiger partial charge in [-0.15, -0.1) is 0 Å². The fourth-order valence-electron chi connectivity index (χ4n) is 5.94. The number of aromatic hydroxyl groups is 1. The lowest BCUT2D eigenvalue weighted by atomic mass is 10.0. The lowest BCUT2D eigenvalue weighted by Gasteiger charge is -2.18. The lowest BCUT2D eigenvalue weighted by molar-refractivity contribution is -0.145. The van der Waals surface area contributed by atoms with Crippen molar-refractivity contribution in [3.63, 3.8) is 0 Å². The molecular formula is C37H48I4N4O11S. The van der Waals surface area contributed by atoms with Gasteiger partial charge in [0.1, 0.15) is 17.5 Å². The predicted molar refractivity (Wildman–Crippen MR) is 248 cm³/mol. The fraction of sp³-hybridized carbons (Fsp3) is 0.568. The van der Waals surface area contributed by atoms with Gasteiger partial charge in [0.05, 0.1) is 86.3 Å². The van der Waals surface area contributed by atoms with Crippen LogP contribution in [0.25, 0.3) is 0 Å². The first-order valence-corrected chi connectivity index (χ1v) is 23.8. The van der Waals surface area contributed by atoms with Gasteiger partial charge in [-0.3, -0.25) is 9.59 Å². The second kappa shape index (κ2) is 26.2. The van der Waals surface area contributed by atoms with Crippen LogP contribution in [-0.2, 0) is 44.5 Å². The number of amides is 4. The summed E-state index contributed by atoms with van der Waals surface area (Å²) in [6.45, 7) is 3.25. The third-order valence-electron chi connectivity index (χ3n) is 8.77. The third kappa shape index (κ3) is 17.0. The highest BCUT2D eigenvalue weighted by molar-refractivity contribution is 14.1. The highest BCUT2D eigenvalue weighted by Gasteiger charge is 2.42. The van der Waals surface area contributed by atoms with Gasteiger partial charge in [0, 0.05) is 36.8 Å². The summed E-state index contributed by atoms with van der Waals surface area (Å²) in [6.07, 6.45) is 3.53. The molecule has 2 fully saturated rings. The minimum absolute atomic E-state index is 0.0165. The van der Waals surface area contributed by atoms with E-state index in [4.69, 9.17) is 28.4 Å². The number of fused-ring (bicyclic) bond motifs is 1. The maximum atomic E-state index is 12.7. The smallest absolute Gasteiger partial charge is 0.328 e. The Bertz CT molecular complexity index is 1620. The van der Waals surface area contributed by atoms with Gasteiger partial charge in [-0.25, -0.2) is 9.59 Å². The number of halogens is 4. The molecule has 2 aliphatic rings. The van der Waals surface area contributed by atoms with Crippen LogP contribution in [0.3, 0.4) is 0 Å². The lowest BCUT2D eigenvalue weighted by Crippen LogP contribution is -2.43. The molecule has 57 heavy (non-hydrogen) atoms. The first kappa shape index (κ1) is 48.5. The zero-order valence-electron chi connectivity index (χ0n) is 31.4. The summed E-state index contributed by atoms with van der Waals surface area (Å²) >= 11 is 10.3. The van der Waals surface area contributed by atoms with Crippen molar-refractivity contribution in [3.05, 3.63) is 44.1 Å². The number of hydrogen-bond donors (Lipinski definition) is 5. The van der Waals surface area contributed by atoms with Crippen molar-refractivity contribution in [1.82, 2.24) is 21.3 Å². The minimum atomic E-state index is -0.880. The van der Waals surface area contributed by atoms with Crippen LogP contribution in [0.5, 0.6) is 17.2 Å². The summed E-state index contributed by atoms with van der Waals surface area (Å²) in [5.74, 6) is 1.53. The maximum Gasteiger partial charge on any atom is 0.328 e. The Kier molecular flexibility index (Phi) is 22.3. The number of esters is 1. The van der Waals surface area contributed by atoms with Crippen molar-refractivity contribution in [1.29, 1.82) is 0 Å². The summed E-state index contributed by atoms with van der Waals surface area (Å²) in [7, 11) is 1.28. The van der Waals surface area contributed by atoms with Crippen molar-refractivity contribution in [3.8, 4) is 17.2 Å². The number of phenolic OH excluding ortho intramolecular Hbond substituents is 1. The molecule has 0 saturated carbocycles. The van der Waals surface area contributed by atoms with Crippen molar-refractivity contribution in [2.45, 2.75) is 61.9 Å². The summed E-state index contributed by atoms with van der Waals surface area (Å²) in [5.41, 5.74) is 0.823. The number of methoxy groups -OCH3 is 1. The second-order valence-corrected chi connectivity index (χ2v) is 18.9. The van der Waals surface area contributed by atoms with E-state index in [9.17, 15) is 24.3 Å². The Hall–Kier alpha value is -1.17. The number of nitrogens with one attached hydrogen (secondary N) is 4. The van der Waals surface area contributed by atoms with E-state index in [-0.39, 0.29) is 55.1 Å². The van der Waals surface area contributed by atoms with Crippen molar-refractivity contribution >= 4 is 126 Å². The van der Waals surface area contributed by atoms with Crippen LogP contribution < -0.4 is 26.0 Å². The van der Waals surface area contributed by atoms with E-state index in [0.29, 0.717) is 83.1 Å². The van der Waals surface area contributed by atoms with E-state index in [2.05, 4.69) is 112 Å². The molecule has 20 heteroatoms. The minimum Gasteiger partial charge on any atom is -0.506 e. The van der Waals surface area contributed by atoms with Crippen molar-refractivity contribution in [2.75, 3.05) is 72.3 Å². The Morgan fingerprint density at radius 1 is 0.825 bits per heavy atom. The van der Waals surface area contributed by atoms with Gasteiger partial charge in [-0.2, -0.15) is 11.8 Å². The predicted octanol–water partition coefficient (Wildman–Crippen LogP) is 5.10. The summed E-state index contributed by atoms with van der Waals surface area (Å²) in [4.78, 5) is 48.8. The van der Waals surface area contributed by atoms with E-state index in [1.807, 2.05) is 23.9 Å². The molecule has 4 rings (SSSR count). The molecule has 5 N–H and O–H groups in total. The fourth-order valence-corrected chi connectivity index (χ4v) is 11.3. The van der Waals surface area contributed by atoms with Crippen molar-refractivity contribution in [2.24, 2.45) is 0 Å². The molecule has 2 aromatic rings. The molecule has 4 atom stereocenters. The zero-order valence-corrected chi connectivity index (χ0v) is 40.8. The van der Waals surface area contributed by atoms with Crippen LogP contribution in [0.2, 0.25) is 0 Å². The van der Waals surface area contributed by atoms with E-state index < -0.39 is 12.0 Å². The molecule has 15 nitrogen and oxygen atoms in total. The standard InChI is InChI=1S/C37H48I4N4O11S/c1-51-36(49)28(18-22-16-26(40)35(27(41)17-22)56-23-19-24(38)34(48)25(39)20-23)43-32(47)6-8-52-10-12-54-14-15-55-13-11-53-9-7-42-31(46)5-3-2-4-30-33-29(21-57-30)44-37(50)45-33/h16-17,19-20,28-30,33,48H,2-15,18,21H2,1H3,(H,42,46)(H,43,47)(H2,44,45,50). The topological polar surface area (TPSA) is 192 Å². The molecule has 2 aliphatic heterocycles. The monoisotopic (exact) mass is 1260 g/mol. The van der Waals surface area contributed by atoms with Gasteiger partial charge >= 0.3 is 12.0 Å². The van der Waals surface area contributed by atoms with Crippen LogP contribution in [0.15, 0.2) is 24.3 Å². The number of unbranched alkanes of at least 4 members (excludes halogenated alkanes) is 1. The molecule has 0 spiro atoms. The summed E-state index contributed by atoms with van der Waals surface area (Å²) in [6, 6.07) is 6.79. The van der Waals surface area contributed by atoms with E-state index in [1.54, 1.807) is 12.1 Å². The Labute approximate surface area is 391 Å². The normalized spacial score (nSPS) is 17.7. The van der Waals surface area contributed by atoms with Gasteiger partial charge in [-0.1, -0.05) is 6.42 Å². The molecule has 2 heterocycles. The van der Waals surface area contributed by atoms with Crippen LogP contribution in [0.1, 0.15) is 37.7 Å². The second-order valence-electron chi connectivity index (χ2n) is 13.0. The number of phenols is 1. The maximum absolute atomic E-state index is 12.7. The number of carbonyl (C=O) groups is 4. The molecule has 0 bridgehead atoms. The average Bonchev–Trinajstić information content (AvgIpc) is 3.73. The Morgan fingerprint density at radius 3 is 2.07 bits per heavy atom. The van der Waals surface area contributed by atoms with Crippen LogP contribution in [-0.4, -0.2) is 125 Å². The molecule has 0 aromatic heterocycles. The number of urea groups is 1. The Morgan fingerprint density at radius 2 is 1.44 bits per heavy atom. The van der Waals surface area contributed by atoms with E-state index in [1.165, 1.54) is 7.11 Å². The molecule has 4 unspecified atom stereocenters. The number of carbonyl (C=O) groups excluding carboxylic acids is 4. The Balaban J connectivity index is 0.971. The van der Waals surface area contributed by atoms with E-state index in [0.717, 1.165) is 37.7 Å². The number of benzene rings is 2. The van der Waals surface area contributed by atoms with Gasteiger partial charge in [-0.05, 0) is 133 Å². The number of ether oxygens (including phenoxy) is 6. The highest BCUT2D eigenvalue weighted by atomic mass is 127. The molecule has 4 amide bonds. The third-order valence-corrected chi connectivity index (χ3v) is 13.5. The van der Waals surface area contributed by atoms with Gasteiger partial charge < -0.3 is 54.8 Å². The molecule has 2 saturated heterocycles.